The first-order valence-electron chi connectivity index (χ1n) is 3.38. The molecule has 1 aromatic rings. The minimum Gasteiger partial charge on any atom is -0.246 e. The molecule has 0 saturated carbocycles. The zero-order valence-corrected chi connectivity index (χ0v) is 8.18. The van der Waals surface area contributed by atoms with Crippen LogP contribution in [0.25, 0.3) is 0 Å². The molecule has 0 N–H and O–H groups in total. The molecule has 13 heavy (non-hydrogen) atoms. The van der Waals surface area contributed by atoms with Gasteiger partial charge in [0.05, 0.1) is 4.47 Å². The molecule has 0 saturated heterocycles. The van der Waals surface area contributed by atoms with Crippen molar-refractivity contribution >= 4 is 15.9 Å². The maximum atomic E-state index is 13.0. The van der Waals surface area contributed by atoms with Crippen LogP contribution in [0.5, 0.6) is 0 Å². The lowest BCUT2D eigenvalue weighted by molar-refractivity contribution is 0.426. The van der Waals surface area contributed by atoms with Crippen molar-refractivity contribution in [2.75, 3.05) is 0 Å². The number of benzene rings is 1. The fourth-order valence-electron chi connectivity index (χ4n) is 0.904. The Morgan fingerprint density at radius 2 is 1.62 bits per heavy atom. The lowest BCUT2D eigenvalue weighted by atomic mass is 10.1. The van der Waals surface area contributed by atoms with Gasteiger partial charge in [0, 0.05) is 11.1 Å². The van der Waals surface area contributed by atoms with Crippen molar-refractivity contribution in [3.8, 4) is 0 Å². The van der Waals surface area contributed by atoms with E-state index in [-0.39, 0.29) is 4.47 Å². The molecule has 0 fully saturated rings. The highest BCUT2D eigenvalue weighted by atomic mass is 79.9. The first-order valence-corrected chi connectivity index (χ1v) is 4.17. The Morgan fingerprint density at radius 1 is 1.08 bits per heavy atom. The second-order valence-corrected chi connectivity index (χ2v) is 3.29. The van der Waals surface area contributed by atoms with E-state index >= 15 is 0 Å². The van der Waals surface area contributed by atoms with Gasteiger partial charge in [-0.2, -0.15) is 0 Å². The largest absolute Gasteiger partial charge is 0.246 e. The van der Waals surface area contributed by atoms with E-state index in [2.05, 4.69) is 15.9 Å². The molecular formula is C8H5BrF4. The van der Waals surface area contributed by atoms with Crippen LogP contribution in [0.1, 0.15) is 11.1 Å². The van der Waals surface area contributed by atoms with Crippen LogP contribution in [0, 0.1) is 24.4 Å². The summed E-state index contributed by atoms with van der Waals surface area (Å²) in [6.07, 6.45) is 0. The Hall–Kier alpha value is -0.580. The Labute approximate surface area is 80.7 Å². The molecule has 72 valence electrons. The molecule has 0 aliphatic rings. The summed E-state index contributed by atoms with van der Waals surface area (Å²) in [5.41, 5.74) is -1.08. The van der Waals surface area contributed by atoms with Gasteiger partial charge < -0.3 is 0 Å². The van der Waals surface area contributed by atoms with Crippen LogP contribution in [-0.2, 0) is 6.67 Å². The predicted molar refractivity (Wildman–Crippen MR) is 43.6 cm³/mol. The molecule has 0 spiro atoms. The minimum absolute atomic E-state index is 0.355. The lowest BCUT2D eigenvalue weighted by Gasteiger charge is -2.07. The highest BCUT2D eigenvalue weighted by molar-refractivity contribution is 9.10. The fraction of sp³-hybridized carbons (Fsp3) is 0.250. The summed E-state index contributed by atoms with van der Waals surface area (Å²) in [7, 11) is 0. The predicted octanol–water partition coefficient (Wildman–Crippen LogP) is 3.64. The van der Waals surface area contributed by atoms with E-state index in [0.717, 1.165) is 6.92 Å². The second-order valence-electron chi connectivity index (χ2n) is 2.49. The van der Waals surface area contributed by atoms with Gasteiger partial charge in [0.2, 0.25) is 0 Å². The van der Waals surface area contributed by atoms with Gasteiger partial charge in [-0.15, -0.1) is 0 Å². The van der Waals surface area contributed by atoms with Crippen LogP contribution in [0.3, 0.4) is 0 Å². The highest BCUT2D eigenvalue weighted by Crippen LogP contribution is 2.29. The van der Waals surface area contributed by atoms with E-state index in [1.807, 2.05) is 0 Å². The Balaban J connectivity index is 3.56. The standard InChI is InChI=1S/C8H5BrF4/c1-3-6(11)5(9)4(2-10)8(13)7(3)12/h2H2,1H3. The van der Waals surface area contributed by atoms with Crippen molar-refractivity contribution in [1.82, 2.24) is 0 Å². The van der Waals surface area contributed by atoms with Gasteiger partial charge in [-0.3, -0.25) is 0 Å². The molecule has 0 aromatic heterocycles. The quantitative estimate of drug-likeness (QED) is 0.532. The number of hydrogen-bond donors (Lipinski definition) is 0. The van der Waals surface area contributed by atoms with Gasteiger partial charge in [-0.25, -0.2) is 17.6 Å². The molecule has 0 aliphatic carbocycles. The summed E-state index contributed by atoms with van der Waals surface area (Å²) in [6.45, 7) is -0.166. The normalized spacial score (nSPS) is 10.6. The van der Waals surface area contributed by atoms with E-state index < -0.39 is 35.3 Å². The average molecular weight is 257 g/mol. The third kappa shape index (κ3) is 1.57. The van der Waals surface area contributed by atoms with Gasteiger partial charge in [0.15, 0.2) is 11.6 Å². The van der Waals surface area contributed by atoms with Gasteiger partial charge in [0.1, 0.15) is 12.5 Å². The smallest absolute Gasteiger partial charge is 0.166 e. The fourth-order valence-corrected chi connectivity index (χ4v) is 1.48. The van der Waals surface area contributed by atoms with Crippen LogP contribution in [0.2, 0.25) is 0 Å². The average Bonchev–Trinajstić information content (AvgIpc) is 2.13. The molecule has 5 heteroatoms. The van der Waals surface area contributed by atoms with E-state index in [4.69, 9.17) is 0 Å². The van der Waals surface area contributed by atoms with Crippen molar-refractivity contribution in [2.24, 2.45) is 0 Å². The number of rotatable bonds is 1. The summed E-state index contributed by atoms with van der Waals surface area (Å²) in [6, 6.07) is 0. The van der Waals surface area contributed by atoms with Crippen molar-refractivity contribution < 1.29 is 17.6 Å². The molecule has 0 aliphatic heterocycles. The van der Waals surface area contributed by atoms with Crippen molar-refractivity contribution in [3.63, 3.8) is 0 Å². The lowest BCUT2D eigenvalue weighted by Crippen LogP contribution is -2.01. The van der Waals surface area contributed by atoms with Crippen molar-refractivity contribution in [1.29, 1.82) is 0 Å². The molecule has 0 bridgehead atoms. The Morgan fingerprint density at radius 3 is 2.08 bits per heavy atom. The zero-order chi connectivity index (χ0) is 10.2. The first kappa shape index (κ1) is 10.5. The minimum atomic E-state index is -1.34. The highest BCUT2D eigenvalue weighted by Gasteiger charge is 2.20. The van der Waals surface area contributed by atoms with Gasteiger partial charge >= 0.3 is 0 Å². The third-order valence-electron chi connectivity index (χ3n) is 1.71. The summed E-state index contributed by atoms with van der Waals surface area (Å²) >= 11 is 2.65. The van der Waals surface area contributed by atoms with Crippen molar-refractivity contribution in [3.05, 3.63) is 33.1 Å². The molecule has 0 radical (unpaired) electrons. The Bertz CT molecular complexity index is 319. The van der Waals surface area contributed by atoms with Gasteiger partial charge in [0.25, 0.3) is 0 Å². The summed E-state index contributed by atoms with van der Waals surface area (Å²) < 4.78 is 50.5. The number of halogens is 5. The van der Waals surface area contributed by atoms with E-state index in [0.29, 0.717) is 0 Å². The van der Waals surface area contributed by atoms with Crippen LogP contribution in [0.15, 0.2) is 4.47 Å². The van der Waals surface area contributed by atoms with E-state index in [9.17, 15) is 17.6 Å². The van der Waals surface area contributed by atoms with Crippen LogP contribution >= 0.6 is 15.9 Å². The first-order chi connectivity index (χ1) is 6.00. The maximum absolute atomic E-state index is 13.0. The summed E-state index contributed by atoms with van der Waals surface area (Å²) in [5.74, 6) is -3.65. The molecule has 0 heterocycles. The van der Waals surface area contributed by atoms with Crippen molar-refractivity contribution in [2.45, 2.75) is 13.6 Å². The summed E-state index contributed by atoms with van der Waals surface area (Å²) in [5, 5.41) is 0. The zero-order valence-electron chi connectivity index (χ0n) is 6.60. The van der Waals surface area contributed by atoms with Crippen LogP contribution in [-0.4, -0.2) is 0 Å². The summed E-state index contributed by atoms with van der Waals surface area (Å²) in [4.78, 5) is 0. The van der Waals surface area contributed by atoms with E-state index in [1.54, 1.807) is 0 Å². The van der Waals surface area contributed by atoms with Crippen LogP contribution in [0.4, 0.5) is 17.6 Å². The monoisotopic (exact) mass is 256 g/mol. The van der Waals surface area contributed by atoms with Crippen LogP contribution < -0.4 is 0 Å². The van der Waals surface area contributed by atoms with Gasteiger partial charge in [-0.05, 0) is 22.9 Å². The van der Waals surface area contributed by atoms with Gasteiger partial charge in [-0.1, -0.05) is 0 Å². The molecule has 0 atom stereocenters. The molecule has 1 rings (SSSR count). The number of hydrogen-bond acceptors (Lipinski definition) is 0. The molecule has 0 amide bonds. The molecule has 0 unspecified atom stereocenters. The molecule has 1 aromatic carbocycles. The SMILES string of the molecule is Cc1c(F)c(F)c(CF)c(Br)c1F. The second kappa shape index (κ2) is 3.65. The Kier molecular flexibility index (Phi) is 2.95. The number of alkyl halides is 1. The molecule has 0 nitrogen and oxygen atoms in total. The maximum Gasteiger partial charge on any atom is 0.166 e. The third-order valence-corrected chi connectivity index (χ3v) is 2.53. The van der Waals surface area contributed by atoms with E-state index in [1.165, 1.54) is 0 Å². The molecular weight excluding hydrogens is 252 g/mol. The topological polar surface area (TPSA) is 0 Å².